The molecule has 4 heteroatoms. The number of hydrogen-bond donors (Lipinski definition) is 1. The van der Waals surface area contributed by atoms with E-state index in [1.807, 2.05) is 6.07 Å². The summed E-state index contributed by atoms with van der Waals surface area (Å²) >= 11 is 3.30. The Hall–Kier alpha value is -1.86. The summed E-state index contributed by atoms with van der Waals surface area (Å²) in [5.74, 6) is -0.264. The van der Waals surface area contributed by atoms with E-state index in [-0.39, 0.29) is 5.82 Å². The summed E-state index contributed by atoms with van der Waals surface area (Å²) in [7, 11) is 0. The minimum atomic E-state index is -0.264. The van der Waals surface area contributed by atoms with Crippen LogP contribution in [0.15, 0.2) is 46.9 Å². The van der Waals surface area contributed by atoms with Crippen LogP contribution in [0.3, 0.4) is 0 Å². The molecule has 0 aromatic heterocycles. The lowest BCUT2D eigenvalue weighted by molar-refractivity contribution is 0.612. The molecule has 0 aliphatic carbocycles. The van der Waals surface area contributed by atoms with Crippen LogP contribution in [0.25, 0.3) is 0 Å². The van der Waals surface area contributed by atoms with E-state index in [0.29, 0.717) is 23.4 Å². The van der Waals surface area contributed by atoms with E-state index in [2.05, 4.69) is 27.3 Å². The van der Waals surface area contributed by atoms with Gasteiger partial charge in [-0.05, 0) is 30.3 Å². The Morgan fingerprint density at radius 2 is 2.00 bits per heavy atom. The lowest BCUT2D eigenvalue weighted by atomic mass is 10.1. The first-order valence-electron chi connectivity index (χ1n) is 5.37. The largest absolute Gasteiger partial charge is 0.380 e. The Bertz CT molecular complexity index is 605. The van der Waals surface area contributed by atoms with Crippen molar-refractivity contribution in [1.29, 1.82) is 5.26 Å². The second-order valence-corrected chi connectivity index (χ2v) is 4.66. The molecule has 0 amide bonds. The zero-order chi connectivity index (χ0) is 13.0. The molecule has 0 atom stereocenters. The molecule has 0 spiro atoms. The normalized spacial score (nSPS) is 9.83. The highest BCUT2D eigenvalue weighted by molar-refractivity contribution is 9.10. The van der Waals surface area contributed by atoms with Crippen molar-refractivity contribution in [2.24, 2.45) is 0 Å². The summed E-state index contributed by atoms with van der Waals surface area (Å²) in [6.45, 7) is 0.337. The highest BCUT2D eigenvalue weighted by Gasteiger charge is 2.04. The average Bonchev–Trinajstić information content (AvgIpc) is 2.40. The Kier molecular flexibility index (Phi) is 3.96. The third-order valence-corrected chi connectivity index (χ3v) is 3.02. The van der Waals surface area contributed by atoms with Gasteiger partial charge in [0.05, 0.1) is 11.3 Å². The van der Waals surface area contributed by atoms with Crippen molar-refractivity contribution in [2.45, 2.75) is 6.54 Å². The third-order valence-electron chi connectivity index (χ3n) is 2.52. The lowest BCUT2D eigenvalue weighted by Crippen LogP contribution is -2.03. The average molecular weight is 305 g/mol. The minimum Gasteiger partial charge on any atom is -0.380 e. The van der Waals surface area contributed by atoms with Gasteiger partial charge < -0.3 is 5.32 Å². The Morgan fingerprint density at radius 3 is 2.78 bits per heavy atom. The fourth-order valence-electron chi connectivity index (χ4n) is 1.60. The zero-order valence-electron chi connectivity index (χ0n) is 9.45. The summed E-state index contributed by atoms with van der Waals surface area (Å²) in [4.78, 5) is 0. The highest BCUT2D eigenvalue weighted by Crippen LogP contribution is 2.19. The van der Waals surface area contributed by atoms with Crippen molar-refractivity contribution in [3.63, 3.8) is 0 Å². The van der Waals surface area contributed by atoms with E-state index < -0.39 is 0 Å². The molecule has 1 N–H and O–H groups in total. The number of nitrogens with one attached hydrogen (secondary N) is 1. The molecular formula is C14H10BrFN2. The smallest absolute Gasteiger partial charge is 0.128 e. The van der Waals surface area contributed by atoms with Crippen LogP contribution in [-0.4, -0.2) is 0 Å². The molecule has 0 heterocycles. The molecule has 0 radical (unpaired) electrons. The molecule has 0 saturated heterocycles. The first-order chi connectivity index (χ1) is 8.70. The van der Waals surface area contributed by atoms with Crippen molar-refractivity contribution in [1.82, 2.24) is 0 Å². The minimum absolute atomic E-state index is 0.264. The first kappa shape index (κ1) is 12.6. The van der Waals surface area contributed by atoms with Crippen LogP contribution in [0.4, 0.5) is 10.1 Å². The number of benzene rings is 2. The SMILES string of the molecule is N#Cc1ccccc1NCc1cc(Br)ccc1F. The van der Waals surface area contributed by atoms with E-state index in [1.165, 1.54) is 6.07 Å². The monoisotopic (exact) mass is 304 g/mol. The summed E-state index contributed by atoms with van der Waals surface area (Å²) in [5, 5.41) is 12.0. The maximum atomic E-state index is 13.5. The van der Waals surface area contributed by atoms with Crippen LogP contribution in [0, 0.1) is 17.1 Å². The van der Waals surface area contributed by atoms with Gasteiger partial charge in [0.1, 0.15) is 11.9 Å². The molecule has 0 saturated carbocycles. The van der Waals surface area contributed by atoms with Gasteiger partial charge in [0.15, 0.2) is 0 Å². The van der Waals surface area contributed by atoms with Gasteiger partial charge in [0.2, 0.25) is 0 Å². The summed E-state index contributed by atoms with van der Waals surface area (Å²) in [6, 6.07) is 14.0. The maximum Gasteiger partial charge on any atom is 0.128 e. The van der Waals surface area contributed by atoms with E-state index in [4.69, 9.17) is 5.26 Å². The Morgan fingerprint density at radius 1 is 1.22 bits per heavy atom. The van der Waals surface area contributed by atoms with Crippen molar-refractivity contribution >= 4 is 21.6 Å². The van der Waals surface area contributed by atoms with Crippen LogP contribution < -0.4 is 5.32 Å². The van der Waals surface area contributed by atoms with E-state index in [1.54, 1.807) is 30.3 Å². The number of para-hydroxylation sites is 1. The number of nitriles is 1. The predicted molar refractivity (Wildman–Crippen MR) is 72.6 cm³/mol. The number of halogens is 2. The molecule has 0 unspecified atom stereocenters. The number of nitrogens with zero attached hydrogens (tertiary/aromatic N) is 1. The fraction of sp³-hybridized carbons (Fsp3) is 0.0714. The van der Waals surface area contributed by atoms with Crippen molar-refractivity contribution in [3.8, 4) is 6.07 Å². The van der Waals surface area contributed by atoms with Crippen LogP contribution in [0.2, 0.25) is 0 Å². The molecule has 2 nitrogen and oxygen atoms in total. The maximum absolute atomic E-state index is 13.5. The van der Waals surface area contributed by atoms with Gasteiger partial charge in [0.25, 0.3) is 0 Å². The predicted octanol–water partition coefficient (Wildman–Crippen LogP) is 4.07. The van der Waals surface area contributed by atoms with Crippen molar-refractivity contribution < 1.29 is 4.39 Å². The van der Waals surface area contributed by atoms with Gasteiger partial charge in [-0.3, -0.25) is 0 Å². The standard InChI is InChI=1S/C14H10BrFN2/c15-12-5-6-13(16)11(7-12)9-18-14-4-2-1-3-10(14)8-17/h1-7,18H,9H2. The second-order valence-electron chi connectivity index (χ2n) is 3.75. The Balaban J connectivity index is 2.17. The van der Waals surface area contributed by atoms with Gasteiger partial charge in [-0.2, -0.15) is 5.26 Å². The molecule has 2 rings (SSSR count). The van der Waals surface area contributed by atoms with E-state index in [0.717, 1.165) is 4.47 Å². The fourth-order valence-corrected chi connectivity index (χ4v) is 2.01. The summed E-state index contributed by atoms with van der Waals surface area (Å²) in [6.07, 6.45) is 0. The molecule has 0 fully saturated rings. The molecule has 0 bridgehead atoms. The number of rotatable bonds is 3. The van der Waals surface area contributed by atoms with Crippen molar-refractivity contribution in [2.75, 3.05) is 5.32 Å². The quantitative estimate of drug-likeness (QED) is 0.927. The molecule has 0 aliphatic heterocycles. The van der Waals surface area contributed by atoms with E-state index >= 15 is 0 Å². The van der Waals surface area contributed by atoms with Crippen LogP contribution in [0.1, 0.15) is 11.1 Å². The third kappa shape index (κ3) is 2.88. The van der Waals surface area contributed by atoms with Gasteiger partial charge in [-0.15, -0.1) is 0 Å². The molecular weight excluding hydrogens is 295 g/mol. The summed E-state index contributed by atoms with van der Waals surface area (Å²) < 4.78 is 14.4. The highest BCUT2D eigenvalue weighted by atomic mass is 79.9. The Labute approximate surface area is 113 Å². The molecule has 0 aliphatic rings. The number of hydrogen-bond acceptors (Lipinski definition) is 2. The molecule has 18 heavy (non-hydrogen) atoms. The van der Waals surface area contributed by atoms with Crippen LogP contribution >= 0.6 is 15.9 Å². The van der Waals surface area contributed by atoms with Crippen LogP contribution in [0.5, 0.6) is 0 Å². The van der Waals surface area contributed by atoms with Crippen LogP contribution in [-0.2, 0) is 6.54 Å². The second kappa shape index (κ2) is 5.65. The van der Waals surface area contributed by atoms with Gasteiger partial charge in [-0.1, -0.05) is 28.1 Å². The molecule has 2 aromatic rings. The van der Waals surface area contributed by atoms with Gasteiger partial charge >= 0.3 is 0 Å². The molecule has 2 aromatic carbocycles. The van der Waals surface area contributed by atoms with Gasteiger partial charge in [-0.25, -0.2) is 4.39 Å². The summed E-state index contributed by atoms with van der Waals surface area (Å²) in [5.41, 5.74) is 1.81. The topological polar surface area (TPSA) is 35.8 Å². The van der Waals surface area contributed by atoms with Crippen molar-refractivity contribution in [3.05, 3.63) is 63.9 Å². The zero-order valence-corrected chi connectivity index (χ0v) is 11.0. The van der Waals surface area contributed by atoms with E-state index in [9.17, 15) is 4.39 Å². The number of anilines is 1. The molecule has 90 valence electrons. The lowest BCUT2D eigenvalue weighted by Gasteiger charge is -2.09. The van der Waals surface area contributed by atoms with Gasteiger partial charge in [0, 0.05) is 16.6 Å². The first-order valence-corrected chi connectivity index (χ1v) is 6.17.